The van der Waals surface area contributed by atoms with Gasteiger partial charge in [0, 0.05) is 5.56 Å². The zero-order chi connectivity index (χ0) is 25.9. The summed E-state index contributed by atoms with van der Waals surface area (Å²) in [5, 5.41) is 0. The molecule has 4 aromatic carbocycles. The number of hydrogen-bond donors (Lipinski definition) is 0. The Labute approximate surface area is 220 Å². The van der Waals surface area contributed by atoms with Gasteiger partial charge in [0.15, 0.2) is 0 Å². The van der Waals surface area contributed by atoms with E-state index >= 15 is 0 Å². The molecule has 0 bridgehead atoms. The molecule has 4 aromatic rings. The number of rotatable bonds is 13. The minimum Gasteiger partial charge on any atom is -0.395 e. The summed E-state index contributed by atoms with van der Waals surface area (Å²) in [5.41, 5.74) is 3.81. The highest BCUT2D eigenvalue weighted by molar-refractivity contribution is 7.49. The first-order valence-electron chi connectivity index (χ1n) is 13.0. The van der Waals surface area contributed by atoms with Gasteiger partial charge in [-0.05, 0) is 47.2 Å². The third-order valence-electron chi connectivity index (χ3n) is 6.36. The van der Waals surface area contributed by atoms with Gasteiger partial charge in [0.2, 0.25) is 0 Å². The average molecular weight is 515 g/mol. The molecule has 4 rings (SSSR count). The molecule has 5 heteroatoms. The molecule has 2 atom stereocenters. The molecule has 2 unspecified atom stereocenters. The van der Waals surface area contributed by atoms with Gasteiger partial charge in [0.25, 0.3) is 0 Å². The molecule has 0 aliphatic carbocycles. The van der Waals surface area contributed by atoms with E-state index in [4.69, 9.17) is 13.6 Å². The lowest BCUT2D eigenvalue weighted by molar-refractivity contribution is 0.171. The maximum atomic E-state index is 14.2. The zero-order valence-corrected chi connectivity index (χ0v) is 22.5. The van der Waals surface area contributed by atoms with Crippen molar-refractivity contribution in [3.05, 3.63) is 109 Å². The maximum absolute atomic E-state index is 14.2. The van der Waals surface area contributed by atoms with Gasteiger partial charge in [-0.25, -0.2) is 4.57 Å². The number of hydrogen-bond acceptors (Lipinski definition) is 4. The van der Waals surface area contributed by atoms with E-state index in [9.17, 15) is 4.57 Å². The summed E-state index contributed by atoms with van der Waals surface area (Å²) in [4.78, 5) is 0. The first-order valence-corrected chi connectivity index (χ1v) is 14.5. The highest BCUT2D eigenvalue weighted by Crippen LogP contribution is 2.53. The third kappa shape index (κ3) is 7.35. The Kier molecular flexibility index (Phi) is 9.59. The van der Waals surface area contributed by atoms with E-state index in [0.29, 0.717) is 18.1 Å². The van der Waals surface area contributed by atoms with Crippen LogP contribution in [0.3, 0.4) is 0 Å². The molecule has 0 aliphatic rings. The lowest BCUT2D eigenvalue weighted by Crippen LogP contribution is -2.13. The molecule has 0 fully saturated rings. The third-order valence-corrected chi connectivity index (χ3v) is 7.68. The van der Waals surface area contributed by atoms with Crippen LogP contribution in [-0.4, -0.2) is 6.61 Å². The molecule has 0 N–H and O–H groups in total. The molecule has 192 valence electrons. The Morgan fingerprint density at radius 3 is 1.95 bits per heavy atom. The van der Waals surface area contributed by atoms with Crippen LogP contribution in [0.1, 0.15) is 39.5 Å². The van der Waals surface area contributed by atoms with Crippen molar-refractivity contribution in [1.29, 1.82) is 0 Å². The standard InChI is InChI=1S/C32H35O4P/c1-3-5-16-26(4-2)25-34-37(33,35-29-21-13-8-14-22-29)36-31-24-15-23-30(27-17-9-6-10-18-27)32(31)28-19-11-7-12-20-28/h6-15,17-24,26H,3-5,16,25H2,1-2H3. The number of phosphoric acid groups is 1. The fourth-order valence-corrected chi connectivity index (χ4v) is 5.57. The van der Waals surface area contributed by atoms with Crippen LogP contribution in [0, 0.1) is 5.92 Å². The fraction of sp³-hybridized carbons (Fsp3) is 0.250. The number of unbranched alkanes of at least 4 members (excludes halogenated alkanes) is 1. The van der Waals surface area contributed by atoms with Crippen molar-refractivity contribution in [3.8, 4) is 33.8 Å². The highest BCUT2D eigenvalue weighted by Gasteiger charge is 2.33. The predicted molar refractivity (Wildman–Crippen MR) is 152 cm³/mol. The van der Waals surface area contributed by atoms with Gasteiger partial charge >= 0.3 is 7.82 Å². The SMILES string of the molecule is CCCCC(CC)COP(=O)(Oc1ccccc1)Oc1cccc(-c2ccccc2)c1-c1ccccc1. The molecular formula is C32H35O4P. The Bertz CT molecular complexity index is 1280. The molecular weight excluding hydrogens is 479 g/mol. The first-order chi connectivity index (χ1) is 18.1. The van der Waals surface area contributed by atoms with Crippen molar-refractivity contribution in [2.24, 2.45) is 5.92 Å². The predicted octanol–water partition coefficient (Wildman–Crippen LogP) is 9.82. The number of benzene rings is 4. The van der Waals surface area contributed by atoms with Crippen LogP contribution in [0.15, 0.2) is 109 Å². The van der Waals surface area contributed by atoms with Crippen molar-refractivity contribution >= 4 is 7.82 Å². The lowest BCUT2D eigenvalue weighted by Gasteiger charge is -2.24. The van der Waals surface area contributed by atoms with Gasteiger partial charge < -0.3 is 9.05 Å². The summed E-state index contributed by atoms with van der Waals surface area (Å²) in [5.74, 6) is 1.17. The van der Waals surface area contributed by atoms with Crippen molar-refractivity contribution in [2.75, 3.05) is 6.61 Å². The molecule has 0 radical (unpaired) electrons. The van der Waals surface area contributed by atoms with E-state index in [-0.39, 0.29) is 5.92 Å². The largest absolute Gasteiger partial charge is 0.587 e. The number of para-hydroxylation sites is 1. The minimum absolute atomic E-state index is 0.278. The first kappa shape index (κ1) is 26.7. The van der Waals surface area contributed by atoms with Crippen LogP contribution in [-0.2, 0) is 9.09 Å². The second kappa shape index (κ2) is 13.3. The van der Waals surface area contributed by atoms with Crippen LogP contribution in [0.5, 0.6) is 11.5 Å². The molecule has 0 heterocycles. The Balaban J connectivity index is 1.74. The van der Waals surface area contributed by atoms with Crippen LogP contribution in [0.2, 0.25) is 0 Å². The van der Waals surface area contributed by atoms with Crippen LogP contribution in [0.25, 0.3) is 22.3 Å². The van der Waals surface area contributed by atoms with Crippen LogP contribution < -0.4 is 9.05 Å². The van der Waals surface area contributed by atoms with Gasteiger partial charge in [-0.15, -0.1) is 0 Å². The molecule has 0 aliphatic heterocycles. The van der Waals surface area contributed by atoms with E-state index in [2.05, 4.69) is 26.0 Å². The van der Waals surface area contributed by atoms with E-state index in [1.165, 1.54) is 0 Å². The minimum atomic E-state index is -4.02. The zero-order valence-electron chi connectivity index (χ0n) is 21.6. The number of phosphoric ester groups is 1. The molecule has 0 saturated heterocycles. The molecule has 0 amide bonds. The quantitative estimate of drug-likeness (QED) is 0.167. The lowest BCUT2D eigenvalue weighted by atomic mass is 9.94. The van der Waals surface area contributed by atoms with E-state index in [0.717, 1.165) is 47.9 Å². The molecule has 37 heavy (non-hydrogen) atoms. The van der Waals surface area contributed by atoms with Gasteiger partial charge in [-0.1, -0.05) is 124 Å². The summed E-state index contributed by atoms with van der Waals surface area (Å²) in [6, 6.07) is 35.0. The average Bonchev–Trinajstić information content (AvgIpc) is 2.94. The molecule has 0 aromatic heterocycles. The van der Waals surface area contributed by atoms with Crippen molar-refractivity contribution in [2.45, 2.75) is 39.5 Å². The second-order valence-corrected chi connectivity index (χ2v) is 10.6. The van der Waals surface area contributed by atoms with Gasteiger partial charge in [-0.3, -0.25) is 4.52 Å². The summed E-state index contributed by atoms with van der Waals surface area (Å²) in [6.07, 6.45) is 4.16. The van der Waals surface area contributed by atoms with Crippen molar-refractivity contribution in [1.82, 2.24) is 0 Å². The summed E-state index contributed by atoms with van der Waals surface area (Å²) in [7, 11) is -4.02. The van der Waals surface area contributed by atoms with Crippen molar-refractivity contribution < 1.29 is 18.1 Å². The van der Waals surface area contributed by atoms with Crippen molar-refractivity contribution in [3.63, 3.8) is 0 Å². The Morgan fingerprint density at radius 1 is 0.703 bits per heavy atom. The molecule has 4 nitrogen and oxygen atoms in total. The highest BCUT2D eigenvalue weighted by atomic mass is 31.2. The summed E-state index contributed by atoms with van der Waals surface area (Å²) < 4.78 is 32.5. The van der Waals surface area contributed by atoms with Gasteiger partial charge in [-0.2, -0.15) is 0 Å². The smallest absolute Gasteiger partial charge is 0.395 e. The fourth-order valence-electron chi connectivity index (χ4n) is 4.27. The Morgan fingerprint density at radius 2 is 1.32 bits per heavy atom. The van der Waals surface area contributed by atoms with Gasteiger partial charge in [0.05, 0.1) is 6.61 Å². The second-order valence-electron chi connectivity index (χ2n) is 9.07. The Hall–Kier alpha value is -3.33. The molecule has 0 saturated carbocycles. The van der Waals surface area contributed by atoms with Crippen LogP contribution >= 0.6 is 7.82 Å². The summed E-state index contributed by atoms with van der Waals surface area (Å²) in [6.45, 7) is 4.61. The molecule has 0 spiro atoms. The maximum Gasteiger partial charge on any atom is 0.587 e. The van der Waals surface area contributed by atoms with E-state index in [1.54, 1.807) is 12.1 Å². The summed E-state index contributed by atoms with van der Waals surface area (Å²) >= 11 is 0. The van der Waals surface area contributed by atoms with E-state index in [1.807, 2.05) is 84.9 Å². The van der Waals surface area contributed by atoms with Crippen LogP contribution in [0.4, 0.5) is 0 Å². The monoisotopic (exact) mass is 514 g/mol. The van der Waals surface area contributed by atoms with E-state index < -0.39 is 7.82 Å². The van der Waals surface area contributed by atoms with Gasteiger partial charge in [0.1, 0.15) is 11.5 Å². The normalized spacial score (nSPS) is 13.5. The topological polar surface area (TPSA) is 44.8 Å².